The Bertz CT molecular complexity index is 497. The van der Waals surface area contributed by atoms with Crippen LogP contribution in [0.25, 0.3) is 0 Å². The lowest BCUT2D eigenvalue weighted by Crippen LogP contribution is -2.45. The van der Waals surface area contributed by atoms with Gasteiger partial charge in [0.1, 0.15) is 0 Å². The molecule has 0 heterocycles. The smallest absolute Gasteiger partial charge is 0.308 e. The molecule has 2 N–H and O–H groups in total. The van der Waals surface area contributed by atoms with Crippen molar-refractivity contribution in [2.24, 2.45) is 5.92 Å². The first-order chi connectivity index (χ1) is 9.90. The molecule has 1 aromatic carbocycles. The van der Waals surface area contributed by atoms with E-state index in [4.69, 9.17) is 5.11 Å². The summed E-state index contributed by atoms with van der Waals surface area (Å²) in [7, 11) is 0. The van der Waals surface area contributed by atoms with Crippen molar-refractivity contribution in [3.05, 3.63) is 35.4 Å². The monoisotopic (exact) mass is 293 g/mol. The van der Waals surface area contributed by atoms with Gasteiger partial charge in [-0.15, -0.1) is 0 Å². The van der Waals surface area contributed by atoms with Crippen LogP contribution in [0.2, 0.25) is 0 Å². The molecule has 5 nitrogen and oxygen atoms in total. The number of hydrogen-bond donors (Lipinski definition) is 2. The van der Waals surface area contributed by atoms with E-state index < -0.39 is 11.9 Å². The van der Waals surface area contributed by atoms with Crippen molar-refractivity contribution in [2.75, 3.05) is 13.2 Å². The van der Waals surface area contributed by atoms with Gasteiger partial charge in [-0.2, -0.15) is 0 Å². The number of benzene rings is 1. The molecule has 0 aliphatic carbocycles. The zero-order valence-corrected chi connectivity index (χ0v) is 12.7. The zero-order valence-electron chi connectivity index (χ0n) is 12.7. The number of aliphatic carboxylic acids is 1. The Labute approximate surface area is 125 Å². The van der Waals surface area contributed by atoms with E-state index in [0.29, 0.717) is 12.0 Å². The predicted octanol–water partition coefficient (Wildman–Crippen LogP) is 1.93. The zero-order chi connectivity index (χ0) is 16.0. The summed E-state index contributed by atoms with van der Waals surface area (Å²) >= 11 is 0. The highest BCUT2D eigenvalue weighted by Crippen LogP contribution is 2.15. The van der Waals surface area contributed by atoms with Gasteiger partial charge in [-0.1, -0.05) is 31.5 Å². The second kappa shape index (κ2) is 7.78. The second-order valence-corrected chi connectivity index (χ2v) is 5.31. The first-order valence-corrected chi connectivity index (χ1v) is 7.12. The van der Waals surface area contributed by atoms with Crippen LogP contribution < -0.4 is 0 Å². The van der Waals surface area contributed by atoms with E-state index >= 15 is 0 Å². The second-order valence-electron chi connectivity index (χ2n) is 5.31. The Hall–Kier alpha value is -1.88. The largest absolute Gasteiger partial charge is 0.481 e. The molecule has 116 valence electrons. The SMILES string of the molecule is CCC(CO)N(CC(C)C(=O)O)C(=O)c1cccc(C)c1. The molecule has 0 bridgehead atoms. The third kappa shape index (κ3) is 4.56. The molecule has 1 rings (SSSR count). The van der Waals surface area contributed by atoms with Crippen LogP contribution in [0.15, 0.2) is 24.3 Å². The highest BCUT2D eigenvalue weighted by molar-refractivity contribution is 5.94. The number of aryl methyl sites for hydroxylation is 1. The number of carboxylic acids is 1. The molecule has 1 aromatic rings. The summed E-state index contributed by atoms with van der Waals surface area (Å²) in [6, 6.07) is 6.79. The van der Waals surface area contributed by atoms with Crippen molar-refractivity contribution < 1.29 is 19.8 Å². The molecule has 0 aliphatic heterocycles. The van der Waals surface area contributed by atoms with Crippen molar-refractivity contribution >= 4 is 11.9 Å². The summed E-state index contributed by atoms with van der Waals surface area (Å²) in [5, 5.41) is 18.5. The van der Waals surface area contributed by atoms with E-state index in [0.717, 1.165) is 5.56 Å². The van der Waals surface area contributed by atoms with Gasteiger partial charge in [0, 0.05) is 12.1 Å². The molecule has 2 unspecified atom stereocenters. The lowest BCUT2D eigenvalue weighted by Gasteiger charge is -2.31. The first-order valence-electron chi connectivity index (χ1n) is 7.12. The molecule has 0 fully saturated rings. The molecule has 0 aliphatic rings. The average molecular weight is 293 g/mol. The molecule has 0 radical (unpaired) electrons. The number of rotatable bonds is 7. The van der Waals surface area contributed by atoms with Gasteiger partial charge in [-0.05, 0) is 25.5 Å². The first kappa shape index (κ1) is 17.2. The molecule has 1 amide bonds. The molecule has 0 saturated carbocycles. The van der Waals surface area contributed by atoms with Crippen molar-refractivity contribution in [1.29, 1.82) is 0 Å². The van der Waals surface area contributed by atoms with Gasteiger partial charge in [0.05, 0.1) is 18.6 Å². The standard InChI is InChI=1S/C16H23NO4/c1-4-14(10-18)17(9-12(3)16(20)21)15(19)13-7-5-6-11(2)8-13/h5-8,12,14,18H,4,9-10H2,1-3H3,(H,20,21). The molecular formula is C16H23NO4. The number of carbonyl (C=O) groups excluding carboxylic acids is 1. The number of nitrogens with zero attached hydrogens (tertiary/aromatic N) is 1. The Morgan fingerprint density at radius 2 is 2.00 bits per heavy atom. The normalized spacial score (nSPS) is 13.5. The van der Waals surface area contributed by atoms with Crippen molar-refractivity contribution in [3.8, 4) is 0 Å². The molecule has 0 aromatic heterocycles. The maximum atomic E-state index is 12.6. The molecule has 2 atom stereocenters. The highest BCUT2D eigenvalue weighted by Gasteiger charge is 2.27. The summed E-state index contributed by atoms with van der Waals surface area (Å²) < 4.78 is 0. The van der Waals surface area contributed by atoms with Crippen LogP contribution in [0.3, 0.4) is 0 Å². The van der Waals surface area contributed by atoms with E-state index in [2.05, 4.69) is 0 Å². The molecule has 21 heavy (non-hydrogen) atoms. The topological polar surface area (TPSA) is 77.8 Å². The number of aliphatic hydroxyl groups is 1. The minimum Gasteiger partial charge on any atom is -0.481 e. The van der Waals surface area contributed by atoms with Crippen LogP contribution in [0, 0.1) is 12.8 Å². The Balaban J connectivity index is 3.05. The summed E-state index contributed by atoms with van der Waals surface area (Å²) in [4.78, 5) is 25.1. The van der Waals surface area contributed by atoms with Gasteiger partial charge in [0.2, 0.25) is 0 Å². The fourth-order valence-corrected chi connectivity index (χ4v) is 2.16. The Morgan fingerprint density at radius 1 is 1.33 bits per heavy atom. The minimum absolute atomic E-state index is 0.0845. The third-order valence-electron chi connectivity index (χ3n) is 3.54. The number of aliphatic hydroxyl groups excluding tert-OH is 1. The predicted molar refractivity (Wildman–Crippen MR) is 80.2 cm³/mol. The third-order valence-corrected chi connectivity index (χ3v) is 3.54. The van der Waals surface area contributed by atoms with Gasteiger partial charge in [-0.3, -0.25) is 9.59 Å². The van der Waals surface area contributed by atoms with E-state index in [9.17, 15) is 14.7 Å². The number of carbonyl (C=O) groups is 2. The molecule has 5 heteroatoms. The number of carboxylic acid groups (broad SMARTS) is 1. The summed E-state index contributed by atoms with van der Waals surface area (Å²) in [5.74, 6) is -1.88. The minimum atomic E-state index is -0.954. The van der Waals surface area contributed by atoms with Crippen molar-refractivity contribution in [2.45, 2.75) is 33.2 Å². The Morgan fingerprint density at radius 3 is 2.48 bits per heavy atom. The molecule has 0 spiro atoms. The van der Waals surface area contributed by atoms with Crippen LogP contribution in [-0.2, 0) is 4.79 Å². The molecular weight excluding hydrogens is 270 g/mol. The summed E-state index contributed by atoms with van der Waals surface area (Å²) in [6.07, 6.45) is 0.570. The van der Waals surface area contributed by atoms with Gasteiger partial charge >= 0.3 is 5.97 Å². The van der Waals surface area contributed by atoms with Gasteiger partial charge in [0.25, 0.3) is 5.91 Å². The maximum absolute atomic E-state index is 12.6. The average Bonchev–Trinajstić information content (AvgIpc) is 2.46. The lowest BCUT2D eigenvalue weighted by atomic mass is 10.1. The fraction of sp³-hybridized carbons (Fsp3) is 0.500. The summed E-state index contributed by atoms with van der Waals surface area (Å²) in [6.45, 7) is 5.22. The van der Waals surface area contributed by atoms with E-state index in [1.165, 1.54) is 4.90 Å². The van der Waals surface area contributed by atoms with E-state index in [1.807, 2.05) is 19.9 Å². The maximum Gasteiger partial charge on any atom is 0.308 e. The Kier molecular flexibility index (Phi) is 6.37. The van der Waals surface area contributed by atoms with Crippen LogP contribution in [0.5, 0.6) is 0 Å². The van der Waals surface area contributed by atoms with Crippen molar-refractivity contribution in [3.63, 3.8) is 0 Å². The van der Waals surface area contributed by atoms with Crippen LogP contribution in [-0.4, -0.2) is 46.2 Å². The van der Waals surface area contributed by atoms with E-state index in [1.54, 1.807) is 25.1 Å². The fourth-order valence-electron chi connectivity index (χ4n) is 2.16. The van der Waals surface area contributed by atoms with Crippen LogP contribution in [0.4, 0.5) is 0 Å². The van der Waals surface area contributed by atoms with Gasteiger partial charge < -0.3 is 15.1 Å². The number of hydrogen-bond acceptors (Lipinski definition) is 3. The van der Waals surface area contributed by atoms with Gasteiger partial charge in [0.15, 0.2) is 0 Å². The molecule has 0 saturated heterocycles. The highest BCUT2D eigenvalue weighted by atomic mass is 16.4. The lowest BCUT2D eigenvalue weighted by molar-refractivity contribution is -0.141. The summed E-state index contributed by atoms with van der Waals surface area (Å²) in [5.41, 5.74) is 1.48. The van der Waals surface area contributed by atoms with Crippen LogP contribution in [0.1, 0.15) is 36.2 Å². The van der Waals surface area contributed by atoms with Crippen molar-refractivity contribution in [1.82, 2.24) is 4.90 Å². The number of amides is 1. The van der Waals surface area contributed by atoms with E-state index in [-0.39, 0.29) is 25.1 Å². The quantitative estimate of drug-likeness (QED) is 0.805. The van der Waals surface area contributed by atoms with Gasteiger partial charge in [-0.25, -0.2) is 0 Å². The van der Waals surface area contributed by atoms with Crippen LogP contribution >= 0.6 is 0 Å².